The van der Waals surface area contributed by atoms with E-state index in [0.29, 0.717) is 36.0 Å². The van der Waals surface area contributed by atoms with Crippen molar-refractivity contribution in [1.29, 1.82) is 0 Å². The minimum Gasteiger partial charge on any atom is -0.394 e. The summed E-state index contributed by atoms with van der Waals surface area (Å²) >= 11 is 0. The van der Waals surface area contributed by atoms with Crippen LogP contribution in [0.25, 0.3) is 11.2 Å². The number of nitrogens with zero attached hydrogens (tertiary/aromatic N) is 4. The maximum atomic E-state index is 10.3. The summed E-state index contributed by atoms with van der Waals surface area (Å²) in [6, 6.07) is 0.123. The number of hydrogen-bond donors (Lipinski definition) is 5. The molecule has 142 valence electrons. The second-order valence-electron chi connectivity index (χ2n) is 6.45. The fourth-order valence-corrected chi connectivity index (χ4v) is 3.29. The first kappa shape index (κ1) is 17.5. The van der Waals surface area contributed by atoms with E-state index in [1.54, 1.807) is 0 Å². The van der Waals surface area contributed by atoms with Gasteiger partial charge in [-0.25, -0.2) is 15.0 Å². The molecule has 2 aromatic rings. The predicted molar refractivity (Wildman–Crippen MR) is 89.1 cm³/mol. The molecular formula is C15H22N6O5. The number of fused-ring (bicyclic) bond motifs is 1. The van der Waals surface area contributed by atoms with Crippen molar-refractivity contribution in [2.45, 2.75) is 43.5 Å². The Labute approximate surface area is 148 Å². The van der Waals surface area contributed by atoms with E-state index in [-0.39, 0.29) is 12.6 Å². The van der Waals surface area contributed by atoms with Gasteiger partial charge in [-0.1, -0.05) is 0 Å². The molecule has 2 aliphatic heterocycles. The van der Waals surface area contributed by atoms with Gasteiger partial charge < -0.3 is 35.8 Å². The minimum absolute atomic E-state index is 0.123. The minimum atomic E-state index is -1.22. The summed E-state index contributed by atoms with van der Waals surface area (Å²) in [6.07, 6.45) is -1.89. The first-order valence-electron chi connectivity index (χ1n) is 8.52. The lowest BCUT2D eigenvalue weighted by molar-refractivity contribution is -0.0511. The number of anilines is 1. The maximum absolute atomic E-state index is 10.3. The van der Waals surface area contributed by atoms with Gasteiger partial charge in [-0.2, -0.15) is 0 Å². The molecule has 2 aliphatic rings. The van der Waals surface area contributed by atoms with Crippen LogP contribution in [-0.4, -0.2) is 79.0 Å². The molecule has 0 amide bonds. The Morgan fingerprint density at radius 1 is 1.31 bits per heavy atom. The van der Waals surface area contributed by atoms with E-state index in [9.17, 15) is 15.3 Å². The molecule has 0 spiro atoms. The van der Waals surface area contributed by atoms with E-state index in [1.807, 2.05) is 0 Å². The number of ether oxygens (including phenoxy) is 2. The van der Waals surface area contributed by atoms with Gasteiger partial charge in [0.25, 0.3) is 0 Å². The number of aliphatic hydroxyl groups is 3. The summed E-state index contributed by atoms with van der Waals surface area (Å²) in [5, 5.41) is 32.9. The van der Waals surface area contributed by atoms with Gasteiger partial charge in [0.1, 0.15) is 24.1 Å². The normalized spacial score (nSPS) is 31.8. The lowest BCUT2D eigenvalue weighted by Crippen LogP contribution is -2.33. The van der Waals surface area contributed by atoms with Gasteiger partial charge >= 0.3 is 0 Å². The van der Waals surface area contributed by atoms with Crippen molar-refractivity contribution in [2.24, 2.45) is 5.73 Å². The fourth-order valence-electron chi connectivity index (χ4n) is 3.29. The van der Waals surface area contributed by atoms with Crippen LogP contribution in [0.2, 0.25) is 0 Å². The van der Waals surface area contributed by atoms with Crippen LogP contribution in [0, 0.1) is 0 Å². The number of rotatable bonds is 5. The standard InChI is InChI=1S/C15H22N6O5/c16-3-9-19-13(18-7-1-2-25-5-7)10-14(20-9)21(6-17-10)15-12(24)11(23)8(4-22)26-15/h6-8,11-12,15,22-24H,1-5,16H2,(H,18,19,20)/t7?,8-,11-,12-,15-/m1/s1. The maximum Gasteiger partial charge on any atom is 0.168 e. The van der Waals surface area contributed by atoms with E-state index < -0.39 is 31.1 Å². The second-order valence-corrected chi connectivity index (χ2v) is 6.45. The summed E-state index contributed by atoms with van der Waals surface area (Å²) < 4.78 is 12.5. The van der Waals surface area contributed by atoms with Crippen molar-refractivity contribution in [2.75, 3.05) is 25.1 Å². The molecule has 2 saturated heterocycles. The summed E-state index contributed by atoms with van der Waals surface area (Å²) in [4.78, 5) is 13.2. The molecular weight excluding hydrogens is 344 g/mol. The predicted octanol–water partition coefficient (Wildman–Crippen LogP) is -1.90. The Balaban J connectivity index is 1.72. The number of nitrogens with one attached hydrogen (secondary N) is 1. The molecule has 0 bridgehead atoms. The van der Waals surface area contributed by atoms with Crippen LogP contribution in [-0.2, 0) is 16.0 Å². The first-order valence-corrected chi connectivity index (χ1v) is 8.52. The zero-order chi connectivity index (χ0) is 18.3. The van der Waals surface area contributed by atoms with E-state index in [2.05, 4.69) is 20.3 Å². The molecule has 5 atom stereocenters. The Bertz CT molecular complexity index is 779. The van der Waals surface area contributed by atoms with E-state index in [4.69, 9.17) is 15.2 Å². The third kappa shape index (κ3) is 2.92. The smallest absolute Gasteiger partial charge is 0.168 e. The number of aromatic nitrogens is 4. The Hall–Kier alpha value is -1.89. The third-order valence-electron chi connectivity index (χ3n) is 4.71. The van der Waals surface area contributed by atoms with Crippen LogP contribution >= 0.6 is 0 Å². The lowest BCUT2D eigenvalue weighted by atomic mass is 10.1. The van der Waals surface area contributed by atoms with E-state index in [0.717, 1.165) is 6.42 Å². The van der Waals surface area contributed by atoms with Crippen molar-refractivity contribution in [1.82, 2.24) is 19.5 Å². The van der Waals surface area contributed by atoms with Crippen molar-refractivity contribution < 1.29 is 24.8 Å². The van der Waals surface area contributed by atoms with Gasteiger partial charge in [-0.05, 0) is 6.42 Å². The van der Waals surface area contributed by atoms with Crippen LogP contribution in [0.1, 0.15) is 18.5 Å². The first-order chi connectivity index (χ1) is 12.6. The average Bonchev–Trinajstić information content (AvgIpc) is 3.36. The molecule has 4 heterocycles. The highest BCUT2D eigenvalue weighted by Crippen LogP contribution is 2.32. The fraction of sp³-hybridized carbons (Fsp3) is 0.667. The molecule has 11 nitrogen and oxygen atoms in total. The SMILES string of the molecule is NCc1nc(NC2CCOC2)c2ncn([C@@H]3O[C@H](CO)[C@@H](O)[C@H]3O)c2n1. The van der Waals surface area contributed by atoms with Crippen molar-refractivity contribution in [3.8, 4) is 0 Å². The Morgan fingerprint density at radius 3 is 2.81 bits per heavy atom. The summed E-state index contributed by atoms with van der Waals surface area (Å²) in [7, 11) is 0. The zero-order valence-electron chi connectivity index (χ0n) is 14.0. The molecule has 0 aromatic carbocycles. The van der Waals surface area contributed by atoms with Crippen LogP contribution in [0.4, 0.5) is 5.82 Å². The van der Waals surface area contributed by atoms with Gasteiger partial charge in [0.2, 0.25) is 0 Å². The second kappa shape index (κ2) is 7.02. The highest BCUT2D eigenvalue weighted by Gasteiger charge is 2.44. The lowest BCUT2D eigenvalue weighted by Gasteiger charge is -2.17. The monoisotopic (exact) mass is 366 g/mol. The molecule has 2 aromatic heterocycles. The molecule has 1 unspecified atom stereocenters. The summed E-state index contributed by atoms with van der Waals surface area (Å²) in [5.74, 6) is 0.948. The quantitative estimate of drug-likeness (QED) is 0.404. The van der Waals surface area contributed by atoms with Crippen LogP contribution in [0.3, 0.4) is 0 Å². The number of imidazole rings is 1. The Kier molecular flexibility index (Phi) is 4.73. The Morgan fingerprint density at radius 2 is 2.15 bits per heavy atom. The third-order valence-corrected chi connectivity index (χ3v) is 4.71. The largest absolute Gasteiger partial charge is 0.394 e. The van der Waals surface area contributed by atoms with Gasteiger partial charge in [-0.15, -0.1) is 0 Å². The molecule has 0 radical (unpaired) electrons. The zero-order valence-corrected chi connectivity index (χ0v) is 14.0. The topological polar surface area (TPSA) is 161 Å². The highest BCUT2D eigenvalue weighted by molar-refractivity contribution is 5.83. The molecule has 2 fully saturated rings. The number of hydrogen-bond acceptors (Lipinski definition) is 10. The molecule has 0 saturated carbocycles. The molecule has 11 heteroatoms. The number of nitrogens with two attached hydrogens (primary N) is 1. The van der Waals surface area contributed by atoms with Crippen LogP contribution in [0.5, 0.6) is 0 Å². The van der Waals surface area contributed by atoms with Gasteiger partial charge in [-0.3, -0.25) is 4.57 Å². The number of aliphatic hydroxyl groups excluding tert-OH is 3. The summed E-state index contributed by atoms with van der Waals surface area (Å²) in [6.45, 7) is 0.997. The summed E-state index contributed by atoms with van der Waals surface area (Å²) in [5.41, 5.74) is 6.66. The molecule has 6 N–H and O–H groups in total. The van der Waals surface area contributed by atoms with E-state index in [1.165, 1.54) is 10.9 Å². The van der Waals surface area contributed by atoms with Gasteiger partial charge in [0.05, 0.1) is 32.1 Å². The molecule has 26 heavy (non-hydrogen) atoms. The van der Waals surface area contributed by atoms with Crippen molar-refractivity contribution in [3.63, 3.8) is 0 Å². The van der Waals surface area contributed by atoms with E-state index >= 15 is 0 Å². The molecule has 4 rings (SSSR count). The van der Waals surface area contributed by atoms with Gasteiger partial charge in [0, 0.05) is 6.61 Å². The highest BCUT2D eigenvalue weighted by atomic mass is 16.6. The van der Waals surface area contributed by atoms with Crippen LogP contribution < -0.4 is 11.1 Å². The van der Waals surface area contributed by atoms with Crippen molar-refractivity contribution >= 4 is 17.0 Å². The van der Waals surface area contributed by atoms with Gasteiger partial charge in [0.15, 0.2) is 23.2 Å². The van der Waals surface area contributed by atoms with Crippen molar-refractivity contribution in [3.05, 3.63) is 12.2 Å². The average molecular weight is 366 g/mol. The van der Waals surface area contributed by atoms with Crippen LogP contribution in [0.15, 0.2) is 6.33 Å². The molecule has 0 aliphatic carbocycles.